The molecule has 180 valence electrons. The van der Waals surface area contributed by atoms with Gasteiger partial charge in [0.25, 0.3) is 5.78 Å². The fraction of sp³-hybridized carbons (Fsp3) is 0.192. The first-order valence-electron chi connectivity index (χ1n) is 10.7. The number of hydrogen-bond donors (Lipinski definition) is 1. The number of ether oxygens (including phenoxy) is 3. The van der Waals surface area contributed by atoms with E-state index in [0.29, 0.717) is 40.7 Å². The maximum atomic E-state index is 13.2. The lowest BCUT2D eigenvalue weighted by molar-refractivity contribution is -0.132. The molecule has 2 aromatic carbocycles. The van der Waals surface area contributed by atoms with Crippen LogP contribution in [0.25, 0.3) is 5.76 Å². The molecule has 0 saturated carbocycles. The number of benzene rings is 2. The molecule has 1 saturated heterocycles. The van der Waals surface area contributed by atoms with Crippen LogP contribution < -0.4 is 19.1 Å². The van der Waals surface area contributed by atoms with Crippen molar-refractivity contribution in [3.8, 4) is 17.2 Å². The molecule has 1 aliphatic rings. The quantitative estimate of drug-likeness (QED) is 0.223. The third kappa shape index (κ3) is 4.35. The van der Waals surface area contributed by atoms with E-state index in [2.05, 4.69) is 11.7 Å². The van der Waals surface area contributed by atoms with E-state index >= 15 is 0 Å². The largest absolute Gasteiger partial charge is 0.507 e. The van der Waals surface area contributed by atoms with Gasteiger partial charge in [0.05, 0.1) is 25.8 Å². The molecule has 3 aromatic rings. The number of carbonyl (C=O) groups is 2. The van der Waals surface area contributed by atoms with E-state index in [9.17, 15) is 14.7 Å². The van der Waals surface area contributed by atoms with Gasteiger partial charge in [0.2, 0.25) is 0 Å². The summed E-state index contributed by atoms with van der Waals surface area (Å²) in [6.07, 6.45) is 1.62. The van der Waals surface area contributed by atoms with Gasteiger partial charge in [0.1, 0.15) is 23.9 Å². The van der Waals surface area contributed by atoms with Crippen molar-refractivity contribution in [3.05, 3.63) is 83.6 Å². The Bertz CT molecular complexity index is 1310. The Morgan fingerprint density at radius 3 is 2.43 bits per heavy atom. The highest BCUT2D eigenvalue weighted by Crippen LogP contribution is 2.44. The maximum Gasteiger partial charge on any atom is 0.301 e. The van der Waals surface area contributed by atoms with Crippen molar-refractivity contribution >= 4 is 23.3 Å². The molecule has 0 radical (unpaired) electrons. The van der Waals surface area contributed by atoms with Gasteiger partial charge in [0.15, 0.2) is 17.3 Å². The predicted octanol–water partition coefficient (Wildman–Crippen LogP) is 4.19. The van der Waals surface area contributed by atoms with E-state index in [-0.39, 0.29) is 17.2 Å². The molecule has 1 amide bonds. The number of hydrogen-bond acceptors (Lipinski definition) is 8. The zero-order chi connectivity index (χ0) is 25.1. The smallest absolute Gasteiger partial charge is 0.301 e. The van der Waals surface area contributed by atoms with Crippen LogP contribution in [0.15, 0.2) is 71.3 Å². The van der Waals surface area contributed by atoms with Gasteiger partial charge in [-0.3, -0.25) is 14.5 Å². The molecular weight excluding hydrogens is 452 g/mol. The van der Waals surface area contributed by atoms with Gasteiger partial charge in [0, 0.05) is 11.6 Å². The number of rotatable bonds is 8. The molecule has 9 nitrogen and oxygen atoms in total. The van der Waals surface area contributed by atoms with Gasteiger partial charge >= 0.3 is 5.91 Å². The molecule has 9 heteroatoms. The van der Waals surface area contributed by atoms with Crippen LogP contribution in [0.2, 0.25) is 0 Å². The molecule has 0 spiro atoms. The summed E-state index contributed by atoms with van der Waals surface area (Å²) >= 11 is 0. The fourth-order valence-corrected chi connectivity index (χ4v) is 3.89. The lowest BCUT2D eigenvalue weighted by atomic mass is 9.95. The van der Waals surface area contributed by atoms with E-state index in [1.165, 1.54) is 19.1 Å². The lowest BCUT2D eigenvalue weighted by Crippen LogP contribution is -2.29. The molecule has 1 fully saturated rings. The van der Waals surface area contributed by atoms with Gasteiger partial charge in [-0.05, 0) is 48.9 Å². The minimum atomic E-state index is -0.990. The number of nitrogens with zero attached hydrogens (tertiary/aromatic N) is 2. The van der Waals surface area contributed by atoms with Gasteiger partial charge < -0.3 is 23.8 Å². The minimum Gasteiger partial charge on any atom is -0.507 e. The number of Topliss-reactive ketones (excluding diaryl/α,β-unsaturated/α-hetero) is 1. The fourth-order valence-electron chi connectivity index (χ4n) is 3.89. The molecule has 4 rings (SSSR count). The van der Waals surface area contributed by atoms with Gasteiger partial charge in [-0.1, -0.05) is 23.9 Å². The monoisotopic (exact) mass is 476 g/mol. The van der Waals surface area contributed by atoms with Crippen molar-refractivity contribution in [2.24, 2.45) is 0 Å². The van der Waals surface area contributed by atoms with Gasteiger partial charge in [-0.25, -0.2) is 0 Å². The third-order valence-electron chi connectivity index (χ3n) is 5.53. The summed E-state index contributed by atoms with van der Waals surface area (Å²) < 4.78 is 21.4. The highest BCUT2D eigenvalue weighted by Gasteiger charge is 2.48. The Labute approximate surface area is 201 Å². The second-order valence-electron chi connectivity index (χ2n) is 7.70. The second-order valence-corrected chi connectivity index (χ2v) is 7.70. The van der Waals surface area contributed by atoms with Gasteiger partial charge in [-0.15, -0.1) is 0 Å². The number of ketones is 1. The number of anilines is 1. The van der Waals surface area contributed by atoms with Crippen LogP contribution in [0.4, 0.5) is 5.82 Å². The zero-order valence-corrected chi connectivity index (χ0v) is 19.5. The molecule has 1 N–H and O–H groups in total. The number of aryl methyl sites for hydroxylation is 1. The van der Waals surface area contributed by atoms with E-state index in [1.807, 2.05) is 0 Å². The van der Waals surface area contributed by atoms with E-state index in [1.54, 1.807) is 61.5 Å². The molecule has 0 bridgehead atoms. The molecule has 0 unspecified atom stereocenters. The second kappa shape index (κ2) is 9.76. The number of aromatic nitrogens is 1. The topological polar surface area (TPSA) is 111 Å². The Morgan fingerprint density at radius 2 is 1.83 bits per heavy atom. The highest BCUT2D eigenvalue weighted by molar-refractivity contribution is 6.51. The average Bonchev–Trinajstić information content (AvgIpc) is 3.42. The van der Waals surface area contributed by atoms with Crippen LogP contribution in [-0.4, -0.2) is 42.8 Å². The van der Waals surface area contributed by atoms with Crippen LogP contribution in [0, 0.1) is 6.92 Å². The van der Waals surface area contributed by atoms with Gasteiger partial charge in [-0.2, -0.15) is 0 Å². The molecule has 1 aromatic heterocycles. The van der Waals surface area contributed by atoms with Crippen LogP contribution in [0.5, 0.6) is 17.2 Å². The predicted molar refractivity (Wildman–Crippen MR) is 128 cm³/mol. The summed E-state index contributed by atoms with van der Waals surface area (Å²) in [5.74, 6) is 0.0222. The number of carbonyl (C=O) groups excluding carboxylic acids is 2. The molecular formula is C26H24N2O7. The summed E-state index contributed by atoms with van der Waals surface area (Å²) in [7, 11) is 2.99. The van der Waals surface area contributed by atoms with Crippen molar-refractivity contribution in [2.45, 2.75) is 13.0 Å². The van der Waals surface area contributed by atoms with E-state index in [4.69, 9.17) is 18.7 Å². The Morgan fingerprint density at radius 1 is 1.11 bits per heavy atom. The first-order chi connectivity index (χ1) is 16.9. The SMILES string of the molecule is C=CCOc1ccc(/C(O)=C2\C(=O)C(=O)N(c3cc(C)on3)[C@@H]2c2ccc(OC)c(OC)c2)cc1. The first kappa shape index (κ1) is 23.6. The number of aliphatic hydroxyl groups is 1. The summed E-state index contributed by atoms with van der Waals surface area (Å²) in [5.41, 5.74) is 0.758. The van der Waals surface area contributed by atoms with Crippen molar-refractivity contribution in [3.63, 3.8) is 0 Å². The molecule has 0 aliphatic carbocycles. The average molecular weight is 476 g/mol. The van der Waals surface area contributed by atoms with Crippen molar-refractivity contribution < 1.29 is 33.4 Å². The van der Waals surface area contributed by atoms with Crippen molar-refractivity contribution in [1.82, 2.24) is 5.16 Å². The molecule has 35 heavy (non-hydrogen) atoms. The molecule has 1 aliphatic heterocycles. The summed E-state index contributed by atoms with van der Waals surface area (Å²) in [4.78, 5) is 27.6. The van der Waals surface area contributed by atoms with Crippen LogP contribution in [-0.2, 0) is 9.59 Å². The normalized spacial score (nSPS) is 16.9. The van der Waals surface area contributed by atoms with E-state index < -0.39 is 17.7 Å². The highest BCUT2D eigenvalue weighted by atomic mass is 16.5. The van der Waals surface area contributed by atoms with Crippen molar-refractivity contribution in [2.75, 3.05) is 25.7 Å². The van der Waals surface area contributed by atoms with Crippen LogP contribution in [0.1, 0.15) is 22.9 Å². The molecule has 1 atom stereocenters. The number of aliphatic hydroxyl groups excluding tert-OH is 1. The minimum absolute atomic E-state index is 0.0948. The maximum absolute atomic E-state index is 13.2. The third-order valence-corrected chi connectivity index (χ3v) is 5.53. The first-order valence-corrected chi connectivity index (χ1v) is 10.7. The van der Waals surface area contributed by atoms with Crippen LogP contribution >= 0.6 is 0 Å². The number of amides is 1. The Balaban J connectivity index is 1.88. The molecule has 2 heterocycles. The van der Waals surface area contributed by atoms with E-state index in [0.717, 1.165) is 0 Å². The summed E-state index contributed by atoms with van der Waals surface area (Å²) in [5, 5.41) is 15.2. The van der Waals surface area contributed by atoms with Crippen LogP contribution in [0.3, 0.4) is 0 Å². The standard InChI is InChI=1S/C26H24N2O7/c1-5-12-34-18-9-6-16(7-10-18)24(29)22-23(17-8-11-19(32-3)20(14-17)33-4)28(26(31)25(22)30)21-13-15(2)35-27-21/h5-11,13-14,23,29H,1,12H2,2-4H3/b24-22+/t23-/m1/s1. The summed E-state index contributed by atoms with van der Waals surface area (Å²) in [6, 6.07) is 12.1. The number of methoxy groups -OCH3 is 2. The zero-order valence-electron chi connectivity index (χ0n) is 19.5. The lowest BCUT2D eigenvalue weighted by Gasteiger charge is -2.23. The summed E-state index contributed by atoms with van der Waals surface area (Å²) in [6.45, 7) is 5.61. The van der Waals surface area contributed by atoms with Crippen molar-refractivity contribution in [1.29, 1.82) is 0 Å². The Hall–Kier alpha value is -4.53. The Kier molecular flexibility index (Phi) is 6.59.